The summed E-state index contributed by atoms with van der Waals surface area (Å²) < 4.78 is 5.65. The van der Waals surface area contributed by atoms with Gasteiger partial charge in [-0.3, -0.25) is 4.79 Å². The predicted octanol–water partition coefficient (Wildman–Crippen LogP) is 3.07. The van der Waals surface area contributed by atoms with Crippen molar-refractivity contribution in [2.24, 2.45) is 5.18 Å². The standard InChI is InChI=1S/C10H8BrNO3/c1-15-10-5-7(3-2-4-13)8(11)6-9(10)12-14/h2-6H,1H3/b3-2+. The quantitative estimate of drug-likeness (QED) is 0.480. The van der Waals surface area contributed by atoms with Gasteiger partial charge in [-0.2, -0.15) is 0 Å². The van der Waals surface area contributed by atoms with Crippen LogP contribution in [-0.4, -0.2) is 13.4 Å². The number of methoxy groups -OCH3 is 1. The van der Waals surface area contributed by atoms with Crippen molar-refractivity contribution < 1.29 is 9.53 Å². The Bertz CT molecular complexity index is 415. The van der Waals surface area contributed by atoms with Crippen LogP contribution in [0, 0.1) is 4.91 Å². The molecule has 0 aliphatic carbocycles. The maximum absolute atomic E-state index is 10.4. The summed E-state index contributed by atoms with van der Waals surface area (Å²) >= 11 is 3.26. The van der Waals surface area contributed by atoms with E-state index in [1.54, 1.807) is 12.1 Å². The van der Waals surface area contributed by atoms with Crippen LogP contribution in [0.5, 0.6) is 5.75 Å². The highest BCUT2D eigenvalue weighted by molar-refractivity contribution is 9.10. The van der Waals surface area contributed by atoms with Crippen LogP contribution in [0.4, 0.5) is 5.69 Å². The van der Waals surface area contributed by atoms with Gasteiger partial charge in [0.1, 0.15) is 12.0 Å². The Morgan fingerprint density at radius 3 is 2.73 bits per heavy atom. The number of allylic oxidation sites excluding steroid dienone is 1. The molecule has 0 unspecified atom stereocenters. The second-order valence-electron chi connectivity index (χ2n) is 2.63. The molecule has 15 heavy (non-hydrogen) atoms. The molecule has 1 rings (SSSR count). The Hall–Kier alpha value is -1.49. The van der Waals surface area contributed by atoms with Crippen LogP contribution in [0.1, 0.15) is 5.56 Å². The van der Waals surface area contributed by atoms with Crippen LogP contribution < -0.4 is 4.74 Å². The van der Waals surface area contributed by atoms with Crippen molar-refractivity contribution in [3.05, 3.63) is 33.2 Å². The lowest BCUT2D eigenvalue weighted by Crippen LogP contribution is -1.85. The molecular formula is C10H8BrNO3. The van der Waals surface area contributed by atoms with Crippen LogP contribution >= 0.6 is 15.9 Å². The SMILES string of the molecule is COc1cc(/C=C/C=O)c(Br)cc1N=O. The first-order valence-corrected chi connectivity index (χ1v) is 4.85. The van der Waals surface area contributed by atoms with E-state index in [1.807, 2.05) is 0 Å². The van der Waals surface area contributed by atoms with E-state index in [9.17, 15) is 9.70 Å². The van der Waals surface area contributed by atoms with E-state index in [1.165, 1.54) is 19.3 Å². The highest BCUT2D eigenvalue weighted by atomic mass is 79.9. The van der Waals surface area contributed by atoms with Gasteiger partial charge in [0.05, 0.1) is 7.11 Å². The van der Waals surface area contributed by atoms with Gasteiger partial charge in [0.2, 0.25) is 0 Å². The van der Waals surface area contributed by atoms with Crippen LogP contribution in [-0.2, 0) is 4.79 Å². The van der Waals surface area contributed by atoms with Crippen molar-refractivity contribution in [3.8, 4) is 5.75 Å². The topological polar surface area (TPSA) is 55.7 Å². The molecule has 0 N–H and O–H groups in total. The molecule has 0 aliphatic rings. The van der Waals surface area contributed by atoms with Crippen molar-refractivity contribution in [2.75, 3.05) is 7.11 Å². The first-order valence-electron chi connectivity index (χ1n) is 4.05. The molecule has 0 aromatic heterocycles. The molecule has 5 heteroatoms. The fourth-order valence-electron chi connectivity index (χ4n) is 1.06. The lowest BCUT2D eigenvalue weighted by molar-refractivity contribution is -0.104. The first kappa shape index (κ1) is 11.6. The number of nitrogens with zero attached hydrogens (tertiary/aromatic N) is 1. The Labute approximate surface area is 95.0 Å². The number of halogens is 1. The fraction of sp³-hybridized carbons (Fsp3) is 0.100. The van der Waals surface area contributed by atoms with Gasteiger partial charge in [0.25, 0.3) is 0 Å². The van der Waals surface area contributed by atoms with Crippen molar-refractivity contribution in [3.63, 3.8) is 0 Å². The molecular weight excluding hydrogens is 262 g/mol. The van der Waals surface area contributed by atoms with Gasteiger partial charge in [-0.1, -0.05) is 22.0 Å². The molecule has 0 aliphatic heterocycles. The summed E-state index contributed by atoms with van der Waals surface area (Å²) in [4.78, 5) is 20.6. The number of rotatable bonds is 4. The zero-order valence-electron chi connectivity index (χ0n) is 7.94. The molecule has 0 saturated heterocycles. The molecule has 0 fully saturated rings. The Morgan fingerprint density at radius 1 is 1.47 bits per heavy atom. The third-order valence-corrected chi connectivity index (χ3v) is 2.44. The van der Waals surface area contributed by atoms with E-state index >= 15 is 0 Å². The zero-order chi connectivity index (χ0) is 11.3. The third-order valence-electron chi connectivity index (χ3n) is 1.75. The number of hydrogen-bond acceptors (Lipinski definition) is 4. The van der Waals surface area contributed by atoms with Gasteiger partial charge in [-0.25, -0.2) is 0 Å². The molecule has 0 radical (unpaired) electrons. The second-order valence-corrected chi connectivity index (χ2v) is 3.49. The number of ether oxygens (including phenoxy) is 1. The van der Waals surface area contributed by atoms with Gasteiger partial charge in [0.15, 0.2) is 5.69 Å². The van der Waals surface area contributed by atoms with Gasteiger partial charge in [0, 0.05) is 4.47 Å². The average Bonchev–Trinajstić information content (AvgIpc) is 2.27. The molecule has 4 nitrogen and oxygen atoms in total. The molecule has 1 aromatic rings. The molecule has 0 amide bonds. The Kier molecular flexibility index (Phi) is 4.17. The number of benzene rings is 1. The van der Waals surface area contributed by atoms with E-state index in [-0.39, 0.29) is 5.69 Å². The molecule has 1 aromatic carbocycles. The molecule has 78 valence electrons. The largest absolute Gasteiger partial charge is 0.494 e. The monoisotopic (exact) mass is 269 g/mol. The Balaban J connectivity index is 3.24. The number of hydrogen-bond donors (Lipinski definition) is 0. The second kappa shape index (κ2) is 5.41. The first-order chi connectivity index (χ1) is 7.22. The number of carbonyl (C=O) groups is 1. The normalized spacial score (nSPS) is 10.3. The number of aldehydes is 1. The number of carbonyl (C=O) groups excluding carboxylic acids is 1. The van der Waals surface area contributed by atoms with E-state index in [0.717, 1.165) is 5.56 Å². The van der Waals surface area contributed by atoms with Crippen LogP contribution in [0.3, 0.4) is 0 Å². The van der Waals surface area contributed by atoms with E-state index in [4.69, 9.17) is 4.74 Å². The van der Waals surface area contributed by atoms with Crippen LogP contribution in [0.15, 0.2) is 27.9 Å². The molecule has 0 heterocycles. The summed E-state index contributed by atoms with van der Waals surface area (Å²) in [6.07, 6.45) is 3.63. The minimum Gasteiger partial charge on any atom is -0.494 e. The highest BCUT2D eigenvalue weighted by Crippen LogP contribution is 2.33. The Morgan fingerprint density at radius 2 is 2.20 bits per heavy atom. The van der Waals surface area contributed by atoms with Crippen LogP contribution in [0.25, 0.3) is 6.08 Å². The smallest absolute Gasteiger partial charge is 0.151 e. The lowest BCUT2D eigenvalue weighted by atomic mass is 10.2. The lowest BCUT2D eigenvalue weighted by Gasteiger charge is -2.05. The highest BCUT2D eigenvalue weighted by Gasteiger charge is 2.07. The van der Waals surface area contributed by atoms with Gasteiger partial charge < -0.3 is 4.74 Å². The van der Waals surface area contributed by atoms with E-state index in [0.29, 0.717) is 16.5 Å². The number of nitroso groups, excluding NO2 is 1. The van der Waals surface area contributed by atoms with Crippen molar-refractivity contribution in [1.82, 2.24) is 0 Å². The van der Waals surface area contributed by atoms with Crippen molar-refractivity contribution in [2.45, 2.75) is 0 Å². The van der Waals surface area contributed by atoms with E-state index in [2.05, 4.69) is 21.1 Å². The summed E-state index contributed by atoms with van der Waals surface area (Å²) in [7, 11) is 1.45. The predicted molar refractivity (Wildman–Crippen MR) is 61.2 cm³/mol. The maximum Gasteiger partial charge on any atom is 0.151 e. The van der Waals surface area contributed by atoms with Crippen molar-refractivity contribution in [1.29, 1.82) is 0 Å². The summed E-state index contributed by atoms with van der Waals surface area (Å²) in [5, 5.41) is 2.82. The minimum absolute atomic E-state index is 0.215. The summed E-state index contributed by atoms with van der Waals surface area (Å²) in [6.45, 7) is 0. The van der Waals surface area contributed by atoms with Crippen molar-refractivity contribution >= 4 is 34.0 Å². The van der Waals surface area contributed by atoms with Gasteiger partial charge in [-0.15, -0.1) is 4.91 Å². The third kappa shape index (κ3) is 2.73. The molecule has 0 atom stereocenters. The van der Waals surface area contributed by atoms with Gasteiger partial charge in [-0.05, 0) is 28.9 Å². The van der Waals surface area contributed by atoms with Crippen LogP contribution in [0.2, 0.25) is 0 Å². The molecule has 0 spiro atoms. The zero-order valence-corrected chi connectivity index (χ0v) is 9.52. The summed E-state index contributed by atoms with van der Waals surface area (Å²) in [5.74, 6) is 0.374. The maximum atomic E-state index is 10.4. The van der Waals surface area contributed by atoms with E-state index < -0.39 is 0 Å². The average molecular weight is 270 g/mol. The van der Waals surface area contributed by atoms with Gasteiger partial charge >= 0.3 is 0 Å². The molecule has 0 saturated carbocycles. The molecule has 0 bridgehead atoms. The fourth-order valence-corrected chi connectivity index (χ4v) is 1.53. The minimum atomic E-state index is 0.215. The summed E-state index contributed by atoms with van der Waals surface area (Å²) in [6, 6.07) is 3.16. The summed E-state index contributed by atoms with van der Waals surface area (Å²) in [5.41, 5.74) is 0.957.